The molecule has 0 aromatic carbocycles. The molecule has 0 saturated carbocycles. The van der Waals surface area contributed by atoms with Crippen molar-refractivity contribution in [2.24, 2.45) is 0 Å². The van der Waals surface area contributed by atoms with E-state index >= 15 is 0 Å². The largest absolute Gasteiger partial charge is 0.394 e. The molecule has 0 aliphatic carbocycles. The lowest BCUT2D eigenvalue weighted by Gasteiger charge is -2.48. The molecular formula is C61H101NO18. The first-order valence-corrected chi connectivity index (χ1v) is 29.5. The van der Waals surface area contributed by atoms with E-state index in [1.807, 2.05) is 0 Å². The predicted octanol–water partition coefficient (Wildman–Crippen LogP) is 4.98. The van der Waals surface area contributed by atoms with Crippen molar-refractivity contribution in [3.63, 3.8) is 0 Å². The summed E-state index contributed by atoms with van der Waals surface area (Å²) in [5, 5.41) is 119. The molecule has 17 atom stereocenters. The maximum Gasteiger partial charge on any atom is 0.220 e. The van der Waals surface area contributed by atoms with E-state index in [4.69, 9.17) is 28.4 Å². The lowest BCUT2D eigenvalue weighted by molar-refractivity contribution is -0.379. The summed E-state index contributed by atoms with van der Waals surface area (Å²) in [6, 6.07) is -0.898. The van der Waals surface area contributed by atoms with E-state index in [2.05, 4.69) is 116 Å². The van der Waals surface area contributed by atoms with Crippen molar-refractivity contribution in [3.8, 4) is 0 Å². The van der Waals surface area contributed by atoms with Gasteiger partial charge in [-0.25, -0.2) is 0 Å². The molecule has 19 nitrogen and oxygen atoms in total. The number of aliphatic hydroxyl groups is 11. The molecule has 3 aliphatic heterocycles. The monoisotopic (exact) mass is 1140 g/mol. The number of hydrogen-bond acceptors (Lipinski definition) is 18. The SMILES string of the molecule is CC/C=C\C/C=C\C/C=C\C/C=C\C/C=C\C/C=C\C/C=C\C/C=C\CCCCCCCCC(=O)NC(COC1OC(CO)C(OC2OC(CO)C(OC3OC(CO)C(O)C(O)C3O)C(O)C2O)C(O)C1O)C(O)CCCCCC. The average Bonchev–Trinajstić information content (AvgIpc) is 3.58. The molecule has 0 aromatic rings. The third-order valence-corrected chi connectivity index (χ3v) is 14.2. The number of carbonyl (C=O) groups excluding carboxylic acids is 1. The summed E-state index contributed by atoms with van der Waals surface area (Å²) < 4.78 is 34.0. The Morgan fingerprint density at radius 1 is 0.463 bits per heavy atom. The standard InChI is InChI=1S/C61H101NO18/c1-3-5-7-9-10-11-12-13-14-15-16-17-18-19-20-21-22-23-24-25-26-27-28-29-30-31-32-33-34-35-37-39-49(67)62-44(45(66)38-36-8-6-4-2)43-75-59-55(73)52(70)57(47(41-64)77-59)80-61-56(74)53(71)58(48(42-65)78-61)79-60-54(72)51(69)50(68)46(40-63)76-60/h5,7,10-11,13-14,16-17,19-20,22-23,25-26,28-29,44-48,50-61,63-66,68-74H,3-4,6,8-9,12,15,18,21,24,27,30-43H2,1-2H3,(H,62,67)/b7-5-,11-10-,14-13-,17-16-,20-19-,23-22-,26-25-,29-28-. The molecule has 3 fully saturated rings. The Bertz CT molecular complexity index is 1840. The maximum absolute atomic E-state index is 13.2. The minimum Gasteiger partial charge on any atom is -0.394 e. The summed E-state index contributed by atoms with van der Waals surface area (Å²) in [6.07, 6.45) is 27.4. The number of carbonyl (C=O) groups is 1. The Morgan fingerprint density at radius 2 is 0.863 bits per heavy atom. The third kappa shape index (κ3) is 27.0. The van der Waals surface area contributed by atoms with Crippen LogP contribution in [0, 0.1) is 0 Å². The minimum absolute atomic E-state index is 0.240. The van der Waals surface area contributed by atoms with Crippen LogP contribution in [0.4, 0.5) is 0 Å². The van der Waals surface area contributed by atoms with Gasteiger partial charge in [0.15, 0.2) is 18.9 Å². The highest BCUT2D eigenvalue weighted by Gasteiger charge is 2.53. The molecule has 3 rings (SSSR count). The van der Waals surface area contributed by atoms with E-state index in [1.54, 1.807) is 0 Å². The van der Waals surface area contributed by atoms with Crippen LogP contribution in [0.5, 0.6) is 0 Å². The van der Waals surface area contributed by atoms with E-state index in [1.165, 1.54) is 0 Å². The van der Waals surface area contributed by atoms with Gasteiger partial charge in [-0.3, -0.25) is 4.79 Å². The van der Waals surface area contributed by atoms with Gasteiger partial charge in [0.2, 0.25) is 5.91 Å². The molecule has 0 bridgehead atoms. The van der Waals surface area contributed by atoms with Crippen LogP contribution in [0.1, 0.15) is 149 Å². The summed E-state index contributed by atoms with van der Waals surface area (Å²) in [4.78, 5) is 13.2. The summed E-state index contributed by atoms with van der Waals surface area (Å²) in [5.74, 6) is -0.273. The van der Waals surface area contributed by atoms with Gasteiger partial charge in [0, 0.05) is 6.42 Å². The van der Waals surface area contributed by atoms with E-state index in [9.17, 15) is 61.0 Å². The highest BCUT2D eigenvalue weighted by Crippen LogP contribution is 2.33. The normalized spacial score (nSPS) is 30.7. The number of unbranched alkanes of at least 4 members (excludes halogenated alkanes) is 9. The lowest BCUT2D eigenvalue weighted by Crippen LogP contribution is -2.66. The van der Waals surface area contributed by atoms with Crippen LogP contribution >= 0.6 is 0 Å². The van der Waals surface area contributed by atoms with Crippen molar-refractivity contribution >= 4 is 5.91 Å². The van der Waals surface area contributed by atoms with Crippen molar-refractivity contribution in [3.05, 3.63) is 97.2 Å². The van der Waals surface area contributed by atoms with Gasteiger partial charge in [-0.2, -0.15) is 0 Å². The first kappa shape index (κ1) is 71.0. The average molecular weight is 1140 g/mol. The summed E-state index contributed by atoms with van der Waals surface area (Å²) in [5.41, 5.74) is 0. The first-order valence-electron chi connectivity index (χ1n) is 29.5. The fourth-order valence-corrected chi connectivity index (χ4v) is 9.33. The minimum atomic E-state index is -1.98. The number of aliphatic hydroxyl groups excluding tert-OH is 11. The molecule has 0 spiro atoms. The molecule has 12 N–H and O–H groups in total. The van der Waals surface area contributed by atoms with Gasteiger partial charge in [-0.15, -0.1) is 0 Å². The first-order chi connectivity index (χ1) is 38.8. The van der Waals surface area contributed by atoms with E-state index < -0.39 is 124 Å². The van der Waals surface area contributed by atoms with Crippen LogP contribution in [-0.2, 0) is 33.2 Å². The maximum atomic E-state index is 13.2. The van der Waals surface area contributed by atoms with E-state index in [0.717, 1.165) is 109 Å². The fourth-order valence-electron chi connectivity index (χ4n) is 9.33. The van der Waals surface area contributed by atoms with Gasteiger partial charge in [-0.05, 0) is 77.0 Å². The number of ether oxygens (including phenoxy) is 6. The lowest BCUT2D eigenvalue weighted by atomic mass is 9.96. The second-order valence-corrected chi connectivity index (χ2v) is 20.7. The summed E-state index contributed by atoms with van der Waals surface area (Å²) >= 11 is 0. The van der Waals surface area contributed by atoms with Gasteiger partial charge < -0.3 is 89.9 Å². The number of amides is 1. The second kappa shape index (κ2) is 43.4. The van der Waals surface area contributed by atoms with Gasteiger partial charge in [0.1, 0.15) is 73.2 Å². The Kier molecular flexibility index (Phi) is 38.5. The zero-order chi connectivity index (χ0) is 58.3. The second-order valence-electron chi connectivity index (χ2n) is 20.7. The third-order valence-electron chi connectivity index (χ3n) is 14.2. The molecule has 1 amide bonds. The van der Waals surface area contributed by atoms with Gasteiger partial charge in [0.25, 0.3) is 0 Å². The molecule has 19 heteroatoms. The summed E-state index contributed by atoms with van der Waals surface area (Å²) in [7, 11) is 0. The Hall–Kier alpha value is -3.29. The Labute approximate surface area is 475 Å². The van der Waals surface area contributed by atoms with Gasteiger partial charge >= 0.3 is 0 Å². The van der Waals surface area contributed by atoms with Crippen LogP contribution in [0.15, 0.2) is 97.2 Å². The number of nitrogens with one attached hydrogen (secondary N) is 1. The van der Waals surface area contributed by atoms with Crippen LogP contribution in [0.25, 0.3) is 0 Å². The van der Waals surface area contributed by atoms with Crippen LogP contribution < -0.4 is 5.32 Å². The fraction of sp³-hybridized carbons (Fsp3) is 0.721. The highest BCUT2D eigenvalue weighted by molar-refractivity contribution is 5.76. The number of hydrogen-bond donors (Lipinski definition) is 12. The van der Waals surface area contributed by atoms with E-state index in [-0.39, 0.29) is 18.9 Å². The molecule has 3 heterocycles. The molecule has 458 valence electrons. The van der Waals surface area contributed by atoms with Gasteiger partial charge in [0.05, 0.1) is 38.6 Å². The van der Waals surface area contributed by atoms with Crippen LogP contribution in [0.3, 0.4) is 0 Å². The van der Waals surface area contributed by atoms with Crippen LogP contribution in [0.2, 0.25) is 0 Å². The Morgan fingerprint density at radius 3 is 1.34 bits per heavy atom. The molecule has 3 saturated heterocycles. The molecule has 3 aliphatic rings. The Balaban J connectivity index is 1.34. The topological polar surface area (TPSA) is 307 Å². The number of rotatable bonds is 41. The van der Waals surface area contributed by atoms with Crippen molar-refractivity contribution in [1.82, 2.24) is 5.32 Å². The van der Waals surface area contributed by atoms with E-state index in [0.29, 0.717) is 19.3 Å². The van der Waals surface area contributed by atoms with Crippen molar-refractivity contribution < 1.29 is 89.4 Å². The number of allylic oxidation sites excluding steroid dienone is 16. The zero-order valence-corrected chi connectivity index (χ0v) is 47.5. The van der Waals surface area contributed by atoms with Crippen molar-refractivity contribution in [2.45, 2.75) is 253 Å². The summed E-state index contributed by atoms with van der Waals surface area (Å²) in [6.45, 7) is 1.48. The van der Waals surface area contributed by atoms with Crippen molar-refractivity contribution in [1.29, 1.82) is 0 Å². The molecule has 0 radical (unpaired) electrons. The van der Waals surface area contributed by atoms with Crippen molar-refractivity contribution in [2.75, 3.05) is 26.4 Å². The molecular weight excluding hydrogens is 1030 g/mol. The highest BCUT2D eigenvalue weighted by atomic mass is 16.8. The molecule has 80 heavy (non-hydrogen) atoms. The zero-order valence-electron chi connectivity index (χ0n) is 47.5. The van der Waals surface area contributed by atoms with Gasteiger partial charge in [-0.1, -0.05) is 162 Å². The predicted molar refractivity (Wildman–Crippen MR) is 304 cm³/mol. The van der Waals surface area contributed by atoms with Crippen LogP contribution in [-0.4, -0.2) is 193 Å². The smallest absolute Gasteiger partial charge is 0.220 e. The molecule has 17 unspecified atom stereocenters. The quantitative estimate of drug-likeness (QED) is 0.0284. The molecule has 0 aromatic heterocycles.